The van der Waals surface area contributed by atoms with Crippen LogP contribution >= 0.6 is 39.9 Å². The van der Waals surface area contributed by atoms with E-state index in [0.717, 1.165) is 14.8 Å². The Bertz CT molecular complexity index is 646. The smallest absolute Gasteiger partial charge is 0.178 e. The molecule has 2 unspecified atom stereocenters. The first-order chi connectivity index (χ1) is 9.20. The standard InChI is InChI=1S/C14H17BrN2S2/c1-2-19-13-5-3-4-11(13)17-12-8-9(15)6-7-10(12)16-14(17)18/h6-8,11,13H,2-5H2,1H3,(H,16,18). The largest absolute Gasteiger partial charge is 0.331 e. The second kappa shape index (κ2) is 5.62. The van der Waals surface area contributed by atoms with Gasteiger partial charge in [0.2, 0.25) is 0 Å². The summed E-state index contributed by atoms with van der Waals surface area (Å²) in [6, 6.07) is 6.88. The minimum Gasteiger partial charge on any atom is -0.331 e. The lowest BCUT2D eigenvalue weighted by Gasteiger charge is -2.21. The number of H-pyrrole nitrogens is 1. The molecular weight excluding hydrogens is 340 g/mol. The molecule has 1 saturated carbocycles. The third kappa shape index (κ3) is 2.52. The lowest BCUT2D eigenvalue weighted by molar-refractivity contribution is 0.536. The number of aromatic nitrogens is 2. The Hall–Kier alpha value is -0.260. The average Bonchev–Trinajstić information content (AvgIpc) is 2.93. The van der Waals surface area contributed by atoms with Crippen LogP contribution < -0.4 is 0 Å². The fraction of sp³-hybridized carbons (Fsp3) is 0.500. The number of thioether (sulfide) groups is 1. The van der Waals surface area contributed by atoms with Crippen molar-refractivity contribution in [2.24, 2.45) is 0 Å². The van der Waals surface area contributed by atoms with Gasteiger partial charge in [0.15, 0.2) is 4.77 Å². The van der Waals surface area contributed by atoms with E-state index in [9.17, 15) is 0 Å². The molecule has 0 saturated heterocycles. The van der Waals surface area contributed by atoms with Gasteiger partial charge in [0.05, 0.1) is 11.0 Å². The van der Waals surface area contributed by atoms with Crippen LogP contribution in [0.3, 0.4) is 0 Å². The monoisotopic (exact) mass is 356 g/mol. The van der Waals surface area contributed by atoms with Crippen LogP contribution in [0.5, 0.6) is 0 Å². The predicted molar refractivity (Wildman–Crippen MR) is 89.6 cm³/mol. The summed E-state index contributed by atoms with van der Waals surface area (Å²) < 4.78 is 4.32. The van der Waals surface area contributed by atoms with Gasteiger partial charge < -0.3 is 9.55 Å². The van der Waals surface area contributed by atoms with Crippen molar-refractivity contribution < 1.29 is 0 Å². The molecule has 1 aromatic carbocycles. The molecular formula is C14H17BrN2S2. The third-order valence-corrected chi connectivity index (χ3v) is 5.91. The maximum absolute atomic E-state index is 5.55. The number of rotatable bonds is 3. The molecule has 1 aromatic heterocycles. The Morgan fingerprint density at radius 3 is 3.11 bits per heavy atom. The average molecular weight is 357 g/mol. The van der Waals surface area contributed by atoms with E-state index in [-0.39, 0.29) is 0 Å². The number of hydrogen-bond acceptors (Lipinski definition) is 2. The fourth-order valence-corrected chi connectivity index (χ4v) is 4.97. The Morgan fingerprint density at radius 1 is 1.47 bits per heavy atom. The molecule has 2 nitrogen and oxygen atoms in total. The lowest BCUT2D eigenvalue weighted by Crippen LogP contribution is -2.16. The quantitative estimate of drug-likeness (QED) is 0.752. The summed E-state index contributed by atoms with van der Waals surface area (Å²) >= 11 is 11.2. The molecule has 3 rings (SSSR count). The summed E-state index contributed by atoms with van der Waals surface area (Å²) in [7, 11) is 0. The molecule has 5 heteroatoms. The molecule has 1 aliphatic rings. The lowest BCUT2D eigenvalue weighted by atomic mass is 10.2. The van der Waals surface area contributed by atoms with Gasteiger partial charge in [0.1, 0.15) is 0 Å². The molecule has 1 heterocycles. The van der Waals surface area contributed by atoms with E-state index >= 15 is 0 Å². The first-order valence-electron chi connectivity index (χ1n) is 6.72. The van der Waals surface area contributed by atoms with E-state index in [1.54, 1.807) is 0 Å². The highest BCUT2D eigenvalue weighted by Crippen LogP contribution is 2.40. The Balaban J connectivity index is 2.11. The van der Waals surface area contributed by atoms with Gasteiger partial charge in [-0.25, -0.2) is 0 Å². The summed E-state index contributed by atoms with van der Waals surface area (Å²) in [5.74, 6) is 1.18. The number of nitrogens with one attached hydrogen (secondary N) is 1. The number of hydrogen-bond donors (Lipinski definition) is 1. The van der Waals surface area contributed by atoms with Gasteiger partial charge in [-0.1, -0.05) is 29.3 Å². The second-order valence-electron chi connectivity index (χ2n) is 4.95. The highest BCUT2D eigenvalue weighted by molar-refractivity contribution is 9.10. The number of benzene rings is 1. The number of halogens is 1. The molecule has 1 N–H and O–H groups in total. The number of imidazole rings is 1. The van der Waals surface area contributed by atoms with Crippen LogP contribution in [0.1, 0.15) is 32.2 Å². The maximum Gasteiger partial charge on any atom is 0.178 e. The molecule has 102 valence electrons. The van der Waals surface area contributed by atoms with Crippen LogP contribution in [0.4, 0.5) is 0 Å². The Kier molecular flexibility index (Phi) is 4.06. The van der Waals surface area contributed by atoms with Crippen LogP contribution in [0, 0.1) is 4.77 Å². The molecule has 2 atom stereocenters. The highest BCUT2D eigenvalue weighted by Gasteiger charge is 2.30. The van der Waals surface area contributed by atoms with Gasteiger partial charge >= 0.3 is 0 Å². The van der Waals surface area contributed by atoms with Crippen molar-refractivity contribution in [1.29, 1.82) is 0 Å². The summed E-state index contributed by atoms with van der Waals surface area (Å²) in [6.07, 6.45) is 3.86. The minimum atomic E-state index is 0.542. The molecule has 0 amide bonds. The van der Waals surface area contributed by atoms with Crippen molar-refractivity contribution in [2.75, 3.05) is 5.75 Å². The van der Waals surface area contributed by atoms with E-state index in [4.69, 9.17) is 12.2 Å². The van der Waals surface area contributed by atoms with Gasteiger partial charge in [-0.3, -0.25) is 0 Å². The molecule has 0 bridgehead atoms. The zero-order chi connectivity index (χ0) is 13.4. The molecule has 0 spiro atoms. The predicted octanol–water partition coefficient (Wildman–Crippen LogP) is 5.31. The van der Waals surface area contributed by atoms with Crippen LogP contribution in [-0.4, -0.2) is 20.6 Å². The minimum absolute atomic E-state index is 0.542. The van der Waals surface area contributed by atoms with Crippen LogP contribution in [0.2, 0.25) is 0 Å². The zero-order valence-electron chi connectivity index (χ0n) is 10.9. The van der Waals surface area contributed by atoms with E-state index in [1.807, 2.05) is 0 Å². The van der Waals surface area contributed by atoms with Crippen molar-refractivity contribution in [3.8, 4) is 0 Å². The maximum atomic E-state index is 5.55. The van der Waals surface area contributed by atoms with Crippen molar-refractivity contribution >= 4 is 50.9 Å². The van der Waals surface area contributed by atoms with E-state index in [2.05, 4.69) is 62.4 Å². The molecule has 1 fully saturated rings. The summed E-state index contributed by atoms with van der Waals surface area (Å²) in [4.78, 5) is 3.34. The first kappa shape index (κ1) is 13.7. The normalized spacial score (nSPS) is 23.3. The van der Waals surface area contributed by atoms with Gasteiger partial charge in [-0.05, 0) is 49.0 Å². The van der Waals surface area contributed by atoms with Crippen LogP contribution in [0.25, 0.3) is 11.0 Å². The highest BCUT2D eigenvalue weighted by atomic mass is 79.9. The van der Waals surface area contributed by atoms with Crippen molar-refractivity contribution in [2.45, 2.75) is 37.5 Å². The molecule has 19 heavy (non-hydrogen) atoms. The van der Waals surface area contributed by atoms with Gasteiger partial charge in [0.25, 0.3) is 0 Å². The summed E-state index contributed by atoms with van der Waals surface area (Å²) in [6.45, 7) is 2.24. The van der Waals surface area contributed by atoms with Crippen molar-refractivity contribution in [1.82, 2.24) is 9.55 Å². The van der Waals surface area contributed by atoms with Gasteiger partial charge in [-0.2, -0.15) is 11.8 Å². The van der Waals surface area contributed by atoms with E-state index < -0.39 is 0 Å². The Morgan fingerprint density at radius 2 is 2.32 bits per heavy atom. The van der Waals surface area contributed by atoms with E-state index in [1.165, 1.54) is 30.5 Å². The molecule has 1 aliphatic carbocycles. The van der Waals surface area contributed by atoms with E-state index in [0.29, 0.717) is 11.3 Å². The number of nitrogens with zero attached hydrogens (tertiary/aromatic N) is 1. The summed E-state index contributed by atoms with van der Waals surface area (Å²) in [5, 5.41) is 0.703. The van der Waals surface area contributed by atoms with Crippen molar-refractivity contribution in [3.63, 3.8) is 0 Å². The fourth-order valence-electron chi connectivity index (χ4n) is 3.03. The van der Waals surface area contributed by atoms with Crippen LogP contribution in [-0.2, 0) is 0 Å². The van der Waals surface area contributed by atoms with Crippen molar-refractivity contribution in [3.05, 3.63) is 27.4 Å². The number of fused-ring (bicyclic) bond motifs is 1. The van der Waals surface area contributed by atoms with Crippen LogP contribution in [0.15, 0.2) is 22.7 Å². The molecule has 2 aromatic rings. The topological polar surface area (TPSA) is 20.7 Å². The molecule has 0 aliphatic heterocycles. The molecule has 0 radical (unpaired) electrons. The summed E-state index contributed by atoms with van der Waals surface area (Å²) in [5.41, 5.74) is 2.37. The van der Waals surface area contributed by atoms with Gasteiger partial charge in [0, 0.05) is 15.8 Å². The third-order valence-electron chi connectivity index (χ3n) is 3.81. The first-order valence-corrected chi connectivity index (χ1v) is 8.97. The second-order valence-corrected chi connectivity index (χ2v) is 7.77. The van der Waals surface area contributed by atoms with Gasteiger partial charge in [-0.15, -0.1) is 0 Å². The SMILES string of the molecule is CCSC1CCCC1n1c(=S)[nH]c2ccc(Br)cc21. The zero-order valence-corrected chi connectivity index (χ0v) is 14.1. The Labute approximate surface area is 131 Å². The number of aromatic amines is 1.